The topological polar surface area (TPSA) is 23.3 Å². The molecule has 6 aromatic heterocycles. The molecule has 0 saturated carbocycles. The minimum absolute atomic E-state index is 0.0858. The molecule has 498 valence electrons. The summed E-state index contributed by atoms with van der Waals surface area (Å²) < 4.78 is 81.4. The van der Waals surface area contributed by atoms with Gasteiger partial charge < -0.3 is 0 Å². The van der Waals surface area contributed by atoms with E-state index in [4.69, 9.17) is 12.3 Å². The maximum Gasteiger partial charge on any atom is 0.212 e. The van der Waals surface area contributed by atoms with E-state index in [0.29, 0.717) is 16.8 Å². The molecule has 0 atom stereocenters. The third-order valence-corrected chi connectivity index (χ3v) is 19.1. The van der Waals surface area contributed by atoms with Gasteiger partial charge in [0.15, 0.2) is 36.7 Å². The molecule has 12 rings (SSSR count). The van der Waals surface area contributed by atoms with Crippen LogP contribution >= 0.6 is 0 Å². The van der Waals surface area contributed by atoms with E-state index in [-0.39, 0.29) is 11.3 Å². The molecule has 0 bridgehead atoms. The first-order valence-electron chi connectivity index (χ1n) is 37.9. The van der Waals surface area contributed by atoms with Crippen LogP contribution in [0, 0.1) is 131 Å². The maximum absolute atomic E-state index is 7.81. The number of benzene rings is 6. The van der Waals surface area contributed by atoms with Gasteiger partial charge in [-0.1, -0.05) is 59.7 Å². The van der Waals surface area contributed by atoms with Gasteiger partial charge in [-0.25, -0.2) is 22.8 Å². The van der Waals surface area contributed by atoms with Gasteiger partial charge in [-0.15, -0.1) is 0 Å². The van der Waals surface area contributed by atoms with Crippen LogP contribution in [0.2, 0.25) is 0 Å². The normalized spacial score (nSPS) is 12.3. The van der Waals surface area contributed by atoms with Crippen molar-refractivity contribution in [2.75, 3.05) is 0 Å². The van der Waals surface area contributed by atoms with Crippen molar-refractivity contribution in [3.05, 3.63) is 319 Å². The predicted molar refractivity (Wildman–Crippen MR) is 408 cm³/mol. The van der Waals surface area contributed by atoms with Crippen LogP contribution in [-0.2, 0) is 42.3 Å². The van der Waals surface area contributed by atoms with E-state index in [1.165, 1.54) is 116 Å². The summed E-state index contributed by atoms with van der Waals surface area (Å²) in [6.45, 7) is 26.5. The second-order valence-corrected chi connectivity index (χ2v) is 26.1. The van der Waals surface area contributed by atoms with Gasteiger partial charge in [0.05, 0.1) is 0 Å². The Hall–Kier alpha value is -9.78. The Labute approximate surface area is 596 Å². The van der Waals surface area contributed by atoms with Crippen LogP contribution in [0.3, 0.4) is 0 Å². The zero-order valence-corrected chi connectivity index (χ0v) is 61.9. The molecule has 12 aromatic rings. The smallest absolute Gasteiger partial charge is 0.201 e. The van der Waals surface area contributed by atoms with Gasteiger partial charge in [-0.05, 0) is 275 Å². The van der Waals surface area contributed by atoms with E-state index in [9.17, 15) is 0 Å². The van der Waals surface area contributed by atoms with Crippen molar-refractivity contribution in [1.29, 1.82) is 0 Å². The van der Waals surface area contributed by atoms with Gasteiger partial charge in [-0.2, -0.15) is 4.57 Å². The first kappa shape index (κ1) is 62.1. The zero-order chi connectivity index (χ0) is 78.6. The van der Waals surface area contributed by atoms with E-state index in [1.807, 2.05) is 87.1 Å². The molecular weight excluding hydrogens is 1180 g/mol. The highest BCUT2D eigenvalue weighted by Crippen LogP contribution is 2.30. The maximum atomic E-state index is 7.81. The van der Waals surface area contributed by atoms with Crippen LogP contribution in [0.1, 0.15) is 118 Å². The monoisotopic (exact) mass is 1300 g/mol. The fraction of sp³-hybridized carbons (Fsp3) is 0.275. The van der Waals surface area contributed by atoms with Gasteiger partial charge >= 0.3 is 0 Å². The van der Waals surface area contributed by atoms with Gasteiger partial charge in [0.2, 0.25) is 34.2 Å². The Kier molecular flexibility index (Phi) is 21.6. The third kappa shape index (κ3) is 18.4. The van der Waals surface area contributed by atoms with Gasteiger partial charge in [0, 0.05) is 125 Å². The van der Waals surface area contributed by atoms with Crippen molar-refractivity contribution >= 4 is 0 Å². The Morgan fingerprint density at radius 2 is 0.588 bits per heavy atom. The number of aryl methyl sites for hydroxylation is 16. The lowest BCUT2D eigenvalue weighted by atomic mass is 9.96. The SMILES string of the molecule is Cc1cc(C)c(-c2cccc[n+]2C)cc1C.Cc1cc(C)c(C)c(-c2cccc[n+]2C)c1.Cc1cc(C)c(C)c(-c2cccc[n+]2C)c1.Cc1ccc(-c2cccc[n+]2C)c(C)c1C.[2H]C([2H])([2H])c1c(C)cc(-c2ccccc2C)[n+](C)c1C([2H])([2H])[2H].[2H]C([2H])([2H])c1ccc(-c2cccc[n+]2C)c(C)c1C. The van der Waals surface area contributed by atoms with Crippen LogP contribution in [0.15, 0.2) is 213 Å². The number of hydrogen-bond donors (Lipinski definition) is 0. The molecular formula is C91H110N6+6. The lowest BCUT2D eigenvalue weighted by Gasteiger charge is -2.09. The number of rotatable bonds is 6. The van der Waals surface area contributed by atoms with E-state index < -0.39 is 20.6 Å². The summed E-state index contributed by atoms with van der Waals surface area (Å²) in [7, 11) is 12.0. The van der Waals surface area contributed by atoms with Crippen molar-refractivity contribution in [3.63, 3.8) is 0 Å². The minimum Gasteiger partial charge on any atom is -0.201 e. The van der Waals surface area contributed by atoms with Gasteiger partial charge in [0.1, 0.15) is 42.3 Å². The average molecular weight is 1300 g/mol. The first-order chi connectivity index (χ1) is 49.6. The molecule has 0 radical (unpaired) electrons. The number of hydrogen-bond acceptors (Lipinski definition) is 0. The summed E-state index contributed by atoms with van der Waals surface area (Å²) in [5, 5.41) is 0. The lowest BCUT2D eigenvalue weighted by Crippen LogP contribution is -2.36. The highest BCUT2D eigenvalue weighted by atomic mass is 15.0. The highest BCUT2D eigenvalue weighted by Gasteiger charge is 2.20. The molecule has 0 spiro atoms. The van der Waals surface area contributed by atoms with E-state index in [0.717, 1.165) is 33.5 Å². The summed E-state index contributed by atoms with van der Waals surface area (Å²) in [5.74, 6) is 0. The van der Waals surface area contributed by atoms with Crippen LogP contribution in [0.25, 0.3) is 67.5 Å². The van der Waals surface area contributed by atoms with Crippen LogP contribution in [-0.4, -0.2) is 0 Å². The largest absolute Gasteiger partial charge is 0.212 e. The summed E-state index contributed by atoms with van der Waals surface area (Å²) in [6, 6.07) is 62.2. The Bertz CT molecular complexity index is 4980. The minimum atomic E-state index is -2.51. The summed E-state index contributed by atoms with van der Waals surface area (Å²) in [6.07, 6.45) is 10.3. The molecule has 6 heteroatoms. The van der Waals surface area contributed by atoms with Gasteiger partial charge in [-0.3, -0.25) is 0 Å². The number of pyridine rings is 6. The Morgan fingerprint density at radius 3 is 0.990 bits per heavy atom. The fourth-order valence-corrected chi connectivity index (χ4v) is 12.2. The molecule has 0 fully saturated rings. The standard InChI is InChI=1S/C16H20N.5C15H18N/c1-11-8-6-7-9-15(11)16-10-12(2)13(3)14(4)17(16)5;2*1-11-8-9-14(13(3)12(11)2)15-7-5-6-10-16(15)4;1-11-9-13(3)14(10-12(11)2)15-7-5-6-8-16(15)4;2*1-11-9-12(2)13(3)14(10-11)15-7-5-6-8-16(15)4/h6-10H,1-5H3;5*5-10H,1-4H3/q6*+1/i3D3,4D3;1D3;;;;. The number of aromatic nitrogens is 6. The highest BCUT2D eigenvalue weighted by molar-refractivity contribution is 5.68. The molecule has 0 unspecified atom stereocenters. The molecule has 0 N–H and O–H groups in total. The first-order valence-corrected chi connectivity index (χ1v) is 33.4. The molecule has 0 saturated heterocycles. The summed E-state index contributed by atoms with van der Waals surface area (Å²) in [5.41, 5.74) is 34.0. The van der Waals surface area contributed by atoms with Crippen molar-refractivity contribution in [3.8, 4) is 67.5 Å². The molecule has 0 amide bonds. The van der Waals surface area contributed by atoms with Gasteiger partial charge in [0.25, 0.3) is 0 Å². The van der Waals surface area contributed by atoms with Crippen molar-refractivity contribution in [2.24, 2.45) is 42.3 Å². The molecule has 97 heavy (non-hydrogen) atoms. The molecule has 0 aliphatic carbocycles. The molecule has 6 heterocycles. The van der Waals surface area contributed by atoms with E-state index in [1.54, 1.807) is 26.1 Å². The van der Waals surface area contributed by atoms with Crippen molar-refractivity contribution < 1.29 is 39.7 Å². The molecule has 6 nitrogen and oxygen atoms in total. The Morgan fingerprint density at radius 1 is 0.216 bits per heavy atom. The molecule has 0 aliphatic rings. The number of nitrogens with zero attached hydrogens (tertiary/aromatic N) is 6. The van der Waals surface area contributed by atoms with Crippen LogP contribution in [0.5, 0.6) is 0 Å². The average Bonchev–Trinajstić information content (AvgIpc) is 0.760. The lowest BCUT2D eigenvalue weighted by molar-refractivity contribution is -0.667. The quantitative estimate of drug-likeness (QED) is 0.148. The fourth-order valence-electron chi connectivity index (χ4n) is 12.2. The van der Waals surface area contributed by atoms with E-state index >= 15 is 0 Å². The zero-order valence-electron chi connectivity index (χ0n) is 70.9. The van der Waals surface area contributed by atoms with Crippen molar-refractivity contribution in [2.45, 2.75) is 131 Å². The predicted octanol–water partition coefficient (Wildman–Crippen LogP) is 18.9. The second kappa shape index (κ2) is 33.7. The second-order valence-electron chi connectivity index (χ2n) is 26.1. The van der Waals surface area contributed by atoms with Crippen molar-refractivity contribution in [1.82, 2.24) is 0 Å². The van der Waals surface area contributed by atoms with E-state index in [2.05, 4.69) is 276 Å². The third-order valence-electron chi connectivity index (χ3n) is 19.1. The van der Waals surface area contributed by atoms with Crippen LogP contribution in [0.4, 0.5) is 0 Å². The summed E-state index contributed by atoms with van der Waals surface area (Å²) >= 11 is 0. The molecule has 0 aliphatic heterocycles. The van der Waals surface area contributed by atoms with Crippen LogP contribution < -0.4 is 27.4 Å². The summed E-state index contributed by atoms with van der Waals surface area (Å²) in [4.78, 5) is 0. The molecule has 6 aromatic carbocycles. The Balaban J connectivity index is 0.000000178.